The molecule has 0 spiro atoms. The van der Waals surface area contributed by atoms with E-state index in [4.69, 9.17) is 10.5 Å². The zero-order chi connectivity index (χ0) is 19.2. The van der Waals surface area contributed by atoms with Crippen LogP contribution in [-0.4, -0.2) is 18.0 Å². The van der Waals surface area contributed by atoms with Crippen LogP contribution in [0.4, 0.5) is 0 Å². The molecule has 2 N–H and O–H groups in total. The fourth-order valence-corrected chi connectivity index (χ4v) is 3.07. The summed E-state index contributed by atoms with van der Waals surface area (Å²) in [5.74, 6) is 1.68. The van der Waals surface area contributed by atoms with Crippen LogP contribution in [-0.2, 0) is 5.75 Å². The normalized spacial score (nSPS) is 11.8. The molecule has 0 heterocycles. The van der Waals surface area contributed by atoms with Crippen molar-refractivity contribution in [1.82, 2.24) is 0 Å². The molecule has 0 fully saturated rings. The van der Waals surface area contributed by atoms with Crippen LogP contribution in [0.5, 0.6) is 5.75 Å². The summed E-state index contributed by atoms with van der Waals surface area (Å²) in [7, 11) is 0. The van der Waals surface area contributed by atoms with E-state index >= 15 is 0 Å². The molecule has 0 bridgehead atoms. The highest BCUT2D eigenvalue weighted by Crippen LogP contribution is 2.13. The van der Waals surface area contributed by atoms with Crippen LogP contribution in [0.1, 0.15) is 50.2 Å². The van der Waals surface area contributed by atoms with Gasteiger partial charge in [-0.15, -0.1) is 5.10 Å². The van der Waals surface area contributed by atoms with Gasteiger partial charge in [-0.25, -0.2) is 0 Å². The molecule has 0 saturated carbocycles. The number of hydrogen-bond acceptors (Lipinski definition) is 4. The molecule has 0 aromatic heterocycles. The number of rotatable bonds is 11. The van der Waals surface area contributed by atoms with Gasteiger partial charge in [0.1, 0.15) is 5.75 Å². The fourth-order valence-electron chi connectivity index (χ4n) is 2.46. The molecule has 0 unspecified atom stereocenters. The maximum absolute atomic E-state index is 5.89. The molecule has 2 aromatic rings. The summed E-state index contributed by atoms with van der Waals surface area (Å²) >= 11 is 1.48. The molecular formula is C22H29N3OS. The van der Waals surface area contributed by atoms with E-state index < -0.39 is 0 Å². The van der Waals surface area contributed by atoms with Crippen molar-refractivity contribution in [3.8, 4) is 5.75 Å². The van der Waals surface area contributed by atoms with Crippen molar-refractivity contribution < 1.29 is 4.74 Å². The highest BCUT2D eigenvalue weighted by molar-refractivity contribution is 8.13. The molecule has 0 aliphatic carbocycles. The zero-order valence-corrected chi connectivity index (χ0v) is 16.8. The minimum Gasteiger partial charge on any atom is -0.494 e. The van der Waals surface area contributed by atoms with Crippen LogP contribution in [0.2, 0.25) is 0 Å². The van der Waals surface area contributed by atoms with Crippen LogP contribution in [0.15, 0.2) is 64.8 Å². The molecular weight excluding hydrogens is 354 g/mol. The highest BCUT2D eigenvalue weighted by Gasteiger charge is 1.97. The third-order valence-corrected chi connectivity index (χ3v) is 4.84. The standard InChI is InChI=1S/C22H29N3OS/c1-2-3-4-5-9-16-26-21-14-12-19(13-15-21)17-24-25-22(23)27-18-20-10-7-6-8-11-20/h6-8,10-15,17H,2-5,9,16,18H2,1H3,(H2,23,25). The lowest BCUT2D eigenvalue weighted by Crippen LogP contribution is -2.05. The van der Waals surface area contributed by atoms with Gasteiger partial charge >= 0.3 is 0 Å². The summed E-state index contributed by atoms with van der Waals surface area (Å²) < 4.78 is 5.76. The van der Waals surface area contributed by atoms with Gasteiger partial charge in [-0.3, -0.25) is 0 Å². The van der Waals surface area contributed by atoms with Crippen LogP contribution in [0.3, 0.4) is 0 Å². The van der Waals surface area contributed by atoms with Crippen LogP contribution >= 0.6 is 11.8 Å². The number of amidine groups is 1. The molecule has 4 nitrogen and oxygen atoms in total. The Hall–Kier alpha value is -2.27. The van der Waals surface area contributed by atoms with Crippen LogP contribution in [0, 0.1) is 0 Å². The summed E-state index contributed by atoms with van der Waals surface area (Å²) in [6.45, 7) is 3.00. The van der Waals surface area contributed by atoms with Gasteiger partial charge in [0.15, 0.2) is 5.17 Å². The quantitative estimate of drug-likeness (QED) is 0.237. The Kier molecular flexibility index (Phi) is 10.1. The number of unbranched alkanes of at least 4 members (excludes halogenated alkanes) is 4. The third kappa shape index (κ3) is 9.29. The summed E-state index contributed by atoms with van der Waals surface area (Å²) in [4.78, 5) is 0. The lowest BCUT2D eigenvalue weighted by molar-refractivity contribution is 0.304. The number of nitrogens with zero attached hydrogens (tertiary/aromatic N) is 2. The zero-order valence-electron chi connectivity index (χ0n) is 16.0. The van der Waals surface area contributed by atoms with Crippen molar-refractivity contribution in [1.29, 1.82) is 0 Å². The molecule has 0 radical (unpaired) electrons. The molecule has 2 rings (SSSR count). The monoisotopic (exact) mass is 383 g/mol. The summed E-state index contributed by atoms with van der Waals surface area (Å²) in [5.41, 5.74) is 8.07. The van der Waals surface area contributed by atoms with Crippen LogP contribution in [0.25, 0.3) is 0 Å². The van der Waals surface area contributed by atoms with Gasteiger partial charge in [0.2, 0.25) is 0 Å². The third-order valence-electron chi connectivity index (χ3n) is 3.99. The number of hydrogen-bond donors (Lipinski definition) is 1. The molecule has 5 heteroatoms. The van der Waals surface area contributed by atoms with Gasteiger partial charge < -0.3 is 10.5 Å². The Bertz CT molecular complexity index is 699. The average molecular weight is 384 g/mol. The minimum absolute atomic E-state index is 0.457. The summed E-state index contributed by atoms with van der Waals surface area (Å²) in [5, 5.41) is 8.56. The lowest BCUT2D eigenvalue weighted by Gasteiger charge is -2.06. The Morgan fingerprint density at radius 2 is 1.74 bits per heavy atom. The average Bonchev–Trinajstić information content (AvgIpc) is 2.71. The predicted molar refractivity (Wildman–Crippen MR) is 118 cm³/mol. The molecule has 0 aliphatic rings. The largest absolute Gasteiger partial charge is 0.494 e. The molecule has 0 amide bonds. The van der Waals surface area contributed by atoms with E-state index in [0.29, 0.717) is 5.17 Å². The second kappa shape index (κ2) is 13.0. The number of ether oxygens (including phenoxy) is 1. The molecule has 0 aliphatic heterocycles. The van der Waals surface area contributed by atoms with Gasteiger partial charge in [-0.05, 0) is 41.8 Å². The Morgan fingerprint density at radius 1 is 1.00 bits per heavy atom. The molecule has 2 aromatic carbocycles. The van der Waals surface area contributed by atoms with E-state index in [0.717, 1.165) is 30.1 Å². The Morgan fingerprint density at radius 3 is 2.48 bits per heavy atom. The molecule has 27 heavy (non-hydrogen) atoms. The van der Waals surface area contributed by atoms with Crippen molar-refractivity contribution in [2.45, 2.75) is 44.8 Å². The predicted octanol–water partition coefficient (Wildman–Crippen LogP) is 5.62. The fraction of sp³-hybridized carbons (Fsp3) is 0.364. The van der Waals surface area contributed by atoms with E-state index in [1.165, 1.54) is 43.0 Å². The maximum Gasteiger partial charge on any atom is 0.180 e. The van der Waals surface area contributed by atoms with E-state index in [1.807, 2.05) is 42.5 Å². The molecule has 144 valence electrons. The van der Waals surface area contributed by atoms with E-state index in [1.54, 1.807) is 6.21 Å². The smallest absolute Gasteiger partial charge is 0.180 e. The maximum atomic E-state index is 5.89. The SMILES string of the molecule is CCCCCCCOc1ccc(C=NN=C(N)SCc2ccccc2)cc1. The first-order valence-electron chi connectivity index (χ1n) is 9.54. The van der Waals surface area contributed by atoms with Gasteiger partial charge in [-0.2, -0.15) is 5.10 Å². The van der Waals surface area contributed by atoms with Crippen molar-refractivity contribution >= 4 is 23.1 Å². The van der Waals surface area contributed by atoms with Crippen molar-refractivity contribution in [2.24, 2.45) is 15.9 Å². The second-order valence-electron chi connectivity index (χ2n) is 6.29. The number of benzene rings is 2. The summed E-state index contributed by atoms with van der Waals surface area (Å²) in [6, 6.07) is 18.0. The second-order valence-corrected chi connectivity index (χ2v) is 7.28. The van der Waals surface area contributed by atoms with Gasteiger partial charge in [0, 0.05) is 5.75 Å². The first kappa shape index (κ1) is 21.0. The van der Waals surface area contributed by atoms with Crippen molar-refractivity contribution in [3.05, 3.63) is 65.7 Å². The van der Waals surface area contributed by atoms with Gasteiger partial charge in [-0.1, -0.05) is 74.7 Å². The van der Waals surface area contributed by atoms with Gasteiger partial charge in [0.05, 0.1) is 12.8 Å². The highest BCUT2D eigenvalue weighted by atomic mass is 32.2. The lowest BCUT2D eigenvalue weighted by atomic mass is 10.2. The van der Waals surface area contributed by atoms with E-state index in [2.05, 4.69) is 29.3 Å². The molecule has 0 saturated heterocycles. The van der Waals surface area contributed by atoms with Crippen LogP contribution < -0.4 is 10.5 Å². The van der Waals surface area contributed by atoms with E-state index in [9.17, 15) is 0 Å². The molecule has 0 atom stereocenters. The van der Waals surface area contributed by atoms with Gasteiger partial charge in [0.25, 0.3) is 0 Å². The Balaban J connectivity index is 1.70. The minimum atomic E-state index is 0.457. The van der Waals surface area contributed by atoms with Crippen molar-refractivity contribution in [2.75, 3.05) is 6.61 Å². The topological polar surface area (TPSA) is 60.0 Å². The number of nitrogens with two attached hydrogens (primary N) is 1. The van der Waals surface area contributed by atoms with Crippen molar-refractivity contribution in [3.63, 3.8) is 0 Å². The summed E-state index contributed by atoms with van der Waals surface area (Å²) in [6.07, 6.45) is 7.92. The van der Waals surface area contributed by atoms with E-state index in [-0.39, 0.29) is 0 Å². The first-order valence-corrected chi connectivity index (χ1v) is 10.5. The Labute approximate surface area is 166 Å². The number of thioether (sulfide) groups is 1. The first-order chi connectivity index (χ1) is 13.3.